The average Bonchev–Trinajstić information content (AvgIpc) is 2.71. The molecule has 2 aromatic carbocycles. The number of benzene rings is 2. The summed E-state index contributed by atoms with van der Waals surface area (Å²) < 4.78 is 29.4. The summed E-state index contributed by atoms with van der Waals surface area (Å²) in [6, 6.07) is 16.9. The highest BCUT2D eigenvalue weighted by molar-refractivity contribution is 7.91. The van der Waals surface area contributed by atoms with E-state index in [0.717, 1.165) is 11.3 Å². The summed E-state index contributed by atoms with van der Waals surface area (Å²) in [4.78, 5) is 16.9. The molecule has 3 rings (SSSR count). The maximum atomic E-state index is 13.3. The SMILES string of the molecule is Cc1ccc(OCCN(C)C(=O)C(c2ccccc2)N2CCS(=O)(=O)CC2)cc1. The summed E-state index contributed by atoms with van der Waals surface area (Å²) >= 11 is 0. The van der Waals surface area contributed by atoms with Crippen molar-refractivity contribution in [3.8, 4) is 5.75 Å². The van der Waals surface area contributed by atoms with Gasteiger partial charge in [0.2, 0.25) is 5.91 Å². The van der Waals surface area contributed by atoms with E-state index in [0.29, 0.717) is 26.2 Å². The van der Waals surface area contributed by atoms with E-state index in [2.05, 4.69) is 0 Å². The van der Waals surface area contributed by atoms with E-state index in [1.54, 1.807) is 11.9 Å². The lowest BCUT2D eigenvalue weighted by molar-refractivity contribution is -0.136. The number of carbonyl (C=O) groups excluding carboxylic acids is 1. The van der Waals surface area contributed by atoms with Gasteiger partial charge in [0.25, 0.3) is 0 Å². The second-order valence-electron chi connectivity index (χ2n) is 7.42. The summed E-state index contributed by atoms with van der Waals surface area (Å²) in [7, 11) is -1.25. The van der Waals surface area contributed by atoms with E-state index in [-0.39, 0.29) is 17.4 Å². The van der Waals surface area contributed by atoms with Crippen LogP contribution in [0.15, 0.2) is 54.6 Å². The first-order chi connectivity index (χ1) is 13.9. The maximum Gasteiger partial charge on any atom is 0.244 e. The number of rotatable bonds is 7. The van der Waals surface area contributed by atoms with Crippen molar-refractivity contribution in [3.63, 3.8) is 0 Å². The van der Waals surface area contributed by atoms with Gasteiger partial charge in [-0.1, -0.05) is 48.0 Å². The zero-order chi connectivity index (χ0) is 20.9. The zero-order valence-electron chi connectivity index (χ0n) is 17.0. The minimum absolute atomic E-state index is 0.0528. The lowest BCUT2D eigenvalue weighted by atomic mass is 10.0. The van der Waals surface area contributed by atoms with Gasteiger partial charge in [-0.25, -0.2) is 8.42 Å². The molecule has 7 heteroatoms. The summed E-state index contributed by atoms with van der Waals surface area (Å²) in [6.07, 6.45) is 0. The molecule has 1 atom stereocenters. The first-order valence-electron chi connectivity index (χ1n) is 9.79. The Bertz CT molecular complexity index is 900. The van der Waals surface area contributed by atoms with Crippen LogP contribution in [0, 0.1) is 6.92 Å². The molecule has 1 aliphatic heterocycles. The molecule has 0 saturated carbocycles. The van der Waals surface area contributed by atoms with Crippen molar-refractivity contribution in [2.75, 3.05) is 44.8 Å². The standard InChI is InChI=1S/C22H28N2O4S/c1-18-8-10-20(11-9-18)28-15-12-23(2)22(25)21(19-6-4-3-5-7-19)24-13-16-29(26,27)17-14-24/h3-11,21H,12-17H2,1-2H3. The highest BCUT2D eigenvalue weighted by Gasteiger charge is 2.33. The van der Waals surface area contributed by atoms with Crippen LogP contribution >= 0.6 is 0 Å². The van der Waals surface area contributed by atoms with Gasteiger partial charge in [-0.2, -0.15) is 0 Å². The van der Waals surface area contributed by atoms with Gasteiger partial charge in [0.1, 0.15) is 18.4 Å². The lowest BCUT2D eigenvalue weighted by Gasteiger charge is -2.35. The second-order valence-corrected chi connectivity index (χ2v) is 9.73. The molecule has 2 aromatic rings. The molecule has 6 nitrogen and oxygen atoms in total. The number of carbonyl (C=O) groups is 1. The largest absolute Gasteiger partial charge is 0.492 e. The number of hydrogen-bond acceptors (Lipinski definition) is 5. The average molecular weight is 417 g/mol. The van der Waals surface area contributed by atoms with Crippen LogP contribution in [0.4, 0.5) is 0 Å². The molecule has 1 heterocycles. The molecule has 0 bridgehead atoms. The summed E-state index contributed by atoms with van der Waals surface area (Å²) in [5, 5.41) is 0. The fourth-order valence-electron chi connectivity index (χ4n) is 3.38. The molecule has 1 aliphatic rings. The molecule has 1 saturated heterocycles. The van der Waals surface area contributed by atoms with Crippen LogP contribution in [-0.2, 0) is 14.6 Å². The van der Waals surface area contributed by atoms with Crippen molar-refractivity contribution < 1.29 is 17.9 Å². The highest BCUT2D eigenvalue weighted by atomic mass is 32.2. The molecular weight excluding hydrogens is 388 g/mol. The van der Waals surface area contributed by atoms with E-state index >= 15 is 0 Å². The number of amides is 1. The van der Waals surface area contributed by atoms with Gasteiger partial charge in [-0.3, -0.25) is 9.69 Å². The maximum absolute atomic E-state index is 13.3. The van der Waals surface area contributed by atoms with Crippen molar-refractivity contribution in [3.05, 3.63) is 65.7 Å². The Morgan fingerprint density at radius 2 is 1.69 bits per heavy atom. The van der Waals surface area contributed by atoms with Gasteiger partial charge in [-0.15, -0.1) is 0 Å². The Kier molecular flexibility index (Phi) is 6.92. The predicted octanol–water partition coefficient (Wildman–Crippen LogP) is 2.30. The Balaban J connectivity index is 1.66. The minimum Gasteiger partial charge on any atom is -0.492 e. The first-order valence-corrected chi connectivity index (χ1v) is 11.6. The van der Waals surface area contributed by atoms with Gasteiger partial charge in [-0.05, 0) is 24.6 Å². The van der Waals surface area contributed by atoms with Crippen LogP contribution in [0.1, 0.15) is 17.2 Å². The predicted molar refractivity (Wildman–Crippen MR) is 114 cm³/mol. The zero-order valence-corrected chi connectivity index (χ0v) is 17.8. The molecule has 0 spiro atoms. The van der Waals surface area contributed by atoms with Gasteiger partial charge in [0, 0.05) is 20.1 Å². The molecule has 1 amide bonds. The van der Waals surface area contributed by atoms with Crippen LogP contribution in [0.3, 0.4) is 0 Å². The van der Waals surface area contributed by atoms with Crippen molar-refractivity contribution in [2.24, 2.45) is 0 Å². The van der Waals surface area contributed by atoms with Crippen molar-refractivity contribution in [1.82, 2.24) is 9.80 Å². The number of ether oxygens (including phenoxy) is 1. The molecule has 156 valence electrons. The van der Waals surface area contributed by atoms with Gasteiger partial charge in [0.05, 0.1) is 18.1 Å². The fraction of sp³-hybridized carbons (Fsp3) is 0.409. The highest BCUT2D eigenvalue weighted by Crippen LogP contribution is 2.25. The monoisotopic (exact) mass is 416 g/mol. The van der Waals surface area contributed by atoms with E-state index < -0.39 is 15.9 Å². The van der Waals surface area contributed by atoms with E-state index in [9.17, 15) is 13.2 Å². The Hall–Kier alpha value is -2.38. The van der Waals surface area contributed by atoms with Crippen LogP contribution in [0.2, 0.25) is 0 Å². The third kappa shape index (κ3) is 5.81. The third-order valence-corrected chi connectivity index (χ3v) is 6.80. The smallest absolute Gasteiger partial charge is 0.244 e. The molecule has 0 radical (unpaired) electrons. The summed E-state index contributed by atoms with van der Waals surface area (Å²) in [5.74, 6) is 0.897. The summed E-state index contributed by atoms with van der Waals surface area (Å²) in [6.45, 7) is 3.58. The molecule has 1 unspecified atom stereocenters. The number of hydrogen-bond donors (Lipinski definition) is 0. The van der Waals surface area contributed by atoms with Crippen molar-refractivity contribution >= 4 is 15.7 Å². The van der Waals surface area contributed by atoms with Crippen LogP contribution in [0.25, 0.3) is 0 Å². The fourth-order valence-corrected chi connectivity index (χ4v) is 4.61. The van der Waals surface area contributed by atoms with Gasteiger partial charge in [0.15, 0.2) is 9.84 Å². The normalized spacial score (nSPS) is 17.4. The molecule has 1 fully saturated rings. The topological polar surface area (TPSA) is 66.9 Å². The second kappa shape index (κ2) is 9.41. The van der Waals surface area contributed by atoms with E-state index in [1.165, 1.54) is 5.56 Å². The minimum atomic E-state index is -3.01. The molecule has 0 N–H and O–H groups in total. The van der Waals surface area contributed by atoms with Gasteiger partial charge >= 0.3 is 0 Å². The Morgan fingerprint density at radius 1 is 1.07 bits per heavy atom. The number of sulfone groups is 1. The Labute approximate surface area is 173 Å². The summed E-state index contributed by atoms with van der Waals surface area (Å²) in [5.41, 5.74) is 2.04. The van der Waals surface area contributed by atoms with Crippen molar-refractivity contribution in [2.45, 2.75) is 13.0 Å². The van der Waals surface area contributed by atoms with E-state index in [4.69, 9.17) is 4.74 Å². The number of aryl methyl sites for hydroxylation is 1. The first kappa shape index (κ1) is 21.3. The Morgan fingerprint density at radius 3 is 2.31 bits per heavy atom. The van der Waals surface area contributed by atoms with Crippen LogP contribution in [-0.4, -0.2) is 68.9 Å². The molecule has 29 heavy (non-hydrogen) atoms. The van der Waals surface area contributed by atoms with Crippen molar-refractivity contribution in [1.29, 1.82) is 0 Å². The lowest BCUT2D eigenvalue weighted by Crippen LogP contribution is -2.48. The number of likely N-dealkylation sites (N-methyl/N-ethyl adjacent to an activating group) is 1. The number of nitrogens with zero attached hydrogens (tertiary/aromatic N) is 2. The van der Waals surface area contributed by atoms with Gasteiger partial charge < -0.3 is 9.64 Å². The quantitative estimate of drug-likeness (QED) is 0.693. The third-order valence-electron chi connectivity index (χ3n) is 5.19. The van der Waals surface area contributed by atoms with Crippen LogP contribution < -0.4 is 4.74 Å². The molecule has 0 aromatic heterocycles. The van der Waals surface area contributed by atoms with E-state index in [1.807, 2.05) is 66.4 Å². The molecule has 0 aliphatic carbocycles. The molecular formula is C22H28N2O4S. The van der Waals surface area contributed by atoms with Crippen LogP contribution in [0.5, 0.6) is 5.75 Å².